The van der Waals surface area contributed by atoms with Crippen LogP contribution in [0.3, 0.4) is 0 Å². The number of likely N-dealkylation sites (N-methyl/N-ethyl adjacent to an activating group) is 2. The fourth-order valence-corrected chi connectivity index (χ4v) is 2.97. The maximum absolute atomic E-state index is 12.3. The van der Waals surface area contributed by atoms with E-state index >= 15 is 0 Å². The number of rotatable bonds is 6. The summed E-state index contributed by atoms with van der Waals surface area (Å²) in [6.45, 7) is 4.03. The number of nitrogens with zero attached hydrogens (tertiary/aromatic N) is 2. The Kier molecular flexibility index (Phi) is 5.46. The molecule has 1 aliphatic rings. The molecule has 138 valence electrons. The highest BCUT2D eigenvalue weighted by atomic mass is 16.5. The zero-order chi connectivity index (χ0) is 18.5. The Morgan fingerprint density at radius 2 is 2.08 bits per heavy atom. The molecule has 0 spiro atoms. The lowest BCUT2D eigenvalue weighted by Crippen LogP contribution is -2.48. The van der Waals surface area contributed by atoms with Gasteiger partial charge in [0.1, 0.15) is 11.9 Å². The number of hydrogen-bond acceptors (Lipinski definition) is 5. The number of fused-ring (bicyclic) bond motifs is 1. The number of carbonyl (C=O) groups excluding carboxylic acids is 2. The first-order valence-electron chi connectivity index (χ1n) is 8.64. The molecule has 0 saturated carbocycles. The van der Waals surface area contributed by atoms with Gasteiger partial charge in [-0.1, -0.05) is 12.1 Å². The zero-order valence-electron chi connectivity index (χ0n) is 15.0. The van der Waals surface area contributed by atoms with Gasteiger partial charge >= 0.3 is 0 Å². The minimum absolute atomic E-state index is 0.0865. The van der Waals surface area contributed by atoms with Gasteiger partial charge in [0.05, 0.1) is 31.6 Å². The first-order valence-corrected chi connectivity index (χ1v) is 8.64. The van der Waals surface area contributed by atoms with Crippen LogP contribution in [-0.4, -0.2) is 56.0 Å². The molecule has 1 atom stereocenters. The van der Waals surface area contributed by atoms with Gasteiger partial charge in [0.15, 0.2) is 5.76 Å². The smallest absolute Gasteiger partial charge is 0.287 e. The van der Waals surface area contributed by atoms with Gasteiger partial charge in [-0.05, 0) is 31.2 Å². The molecule has 0 aliphatic carbocycles. The molecule has 0 saturated heterocycles. The molecular weight excluding hydrogens is 334 g/mol. The maximum Gasteiger partial charge on any atom is 0.287 e. The fraction of sp³-hybridized carbons (Fsp3) is 0.368. The third kappa shape index (κ3) is 3.99. The van der Waals surface area contributed by atoms with E-state index in [1.807, 2.05) is 24.3 Å². The highest BCUT2D eigenvalue weighted by Crippen LogP contribution is 2.32. The van der Waals surface area contributed by atoms with Crippen molar-refractivity contribution in [3.63, 3.8) is 0 Å². The Balaban J connectivity index is 1.53. The number of hydrogen-bond donors (Lipinski definition) is 1. The van der Waals surface area contributed by atoms with Crippen LogP contribution in [0.1, 0.15) is 17.5 Å². The molecule has 2 aromatic rings. The molecule has 2 heterocycles. The molecule has 7 nitrogen and oxygen atoms in total. The lowest BCUT2D eigenvalue weighted by molar-refractivity contribution is -0.129. The minimum Gasteiger partial charge on any atom is -0.485 e. The van der Waals surface area contributed by atoms with Crippen molar-refractivity contribution in [1.82, 2.24) is 10.2 Å². The molecule has 1 aromatic carbocycles. The number of carbonyl (C=O) groups is 2. The molecule has 0 bridgehead atoms. The first-order chi connectivity index (χ1) is 12.6. The molecule has 3 rings (SSSR count). The van der Waals surface area contributed by atoms with Crippen LogP contribution in [0.4, 0.5) is 5.69 Å². The summed E-state index contributed by atoms with van der Waals surface area (Å²) in [6, 6.07) is 11.1. The number of furan rings is 1. The van der Waals surface area contributed by atoms with E-state index in [1.165, 1.54) is 6.26 Å². The number of para-hydroxylation sites is 2. The van der Waals surface area contributed by atoms with Crippen molar-refractivity contribution in [2.75, 3.05) is 38.1 Å². The van der Waals surface area contributed by atoms with Crippen molar-refractivity contribution in [2.45, 2.75) is 13.0 Å². The van der Waals surface area contributed by atoms with Crippen LogP contribution in [0, 0.1) is 0 Å². The van der Waals surface area contributed by atoms with Gasteiger partial charge in [0, 0.05) is 13.6 Å². The lowest BCUT2D eigenvalue weighted by Gasteiger charge is -2.37. The second-order valence-corrected chi connectivity index (χ2v) is 6.18. The third-order valence-electron chi connectivity index (χ3n) is 4.35. The van der Waals surface area contributed by atoms with Gasteiger partial charge in [-0.25, -0.2) is 0 Å². The van der Waals surface area contributed by atoms with Crippen LogP contribution in [0.15, 0.2) is 47.1 Å². The van der Waals surface area contributed by atoms with Crippen LogP contribution in [0.25, 0.3) is 0 Å². The number of ether oxygens (including phenoxy) is 1. The lowest BCUT2D eigenvalue weighted by atomic mass is 10.2. The summed E-state index contributed by atoms with van der Waals surface area (Å²) in [7, 11) is 1.71. The Bertz CT molecular complexity index is 760. The molecule has 2 amide bonds. The second kappa shape index (κ2) is 7.95. The standard InChI is InChI=1S/C19H23N3O4/c1-3-22-13-14(26-16-8-5-4-7-15(16)22)12-21(2)18(23)11-20-19(24)17-9-6-10-25-17/h4-10,14H,3,11-13H2,1-2H3,(H,20,24)/t14-/m1/s1. The zero-order valence-corrected chi connectivity index (χ0v) is 15.0. The summed E-state index contributed by atoms with van der Waals surface area (Å²) in [6.07, 6.45) is 1.29. The average molecular weight is 357 g/mol. The fourth-order valence-electron chi connectivity index (χ4n) is 2.97. The SMILES string of the molecule is CCN1C[C@@H](CN(C)C(=O)CNC(=O)c2ccco2)Oc2ccccc21. The predicted molar refractivity (Wildman–Crippen MR) is 97.4 cm³/mol. The van der Waals surface area contributed by atoms with Crippen molar-refractivity contribution in [1.29, 1.82) is 0 Å². The summed E-state index contributed by atoms with van der Waals surface area (Å²) < 4.78 is 11.0. The van der Waals surface area contributed by atoms with Crippen LogP contribution < -0.4 is 15.0 Å². The van der Waals surface area contributed by atoms with Crippen molar-refractivity contribution >= 4 is 17.5 Å². The van der Waals surface area contributed by atoms with E-state index in [1.54, 1.807) is 24.1 Å². The summed E-state index contributed by atoms with van der Waals surface area (Å²) in [4.78, 5) is 27.9. The summed E-state index contributed by atoms with van der Waals surface area (Å²) in [5.74, 6) is 0.427. The van der Waals surface area contributed by atoms with Crippen molar-refractivity contribution < 1.29 is 18.7 Å². The van der Waals surface area contributed by atoms with E-state index in [9.17, 15) is 9.59 Å². The molecular formula is C19H23N3O4. The normalized spacial score (nSPS) is 15.8. The van der Waals surface area contributed by atoms with Crippen molar-refractivity contribution in [3.05, 3.63) is 48.4 Å². The molecule has 1 aromatic heterocycles. The first kappa shape index (κ1) is 17.8. The van der Waals surface area contributed by atoms with Gasteiger partial charge in [-0.15, -0.1) is 0 Å². The number of amides is 2. The number of anilines is 1. The molecule has 0 fully saturated rings. The number of benzene rings is 1. The molecule has 0 unspecified atom stereocenters. The minimum atomic E-state index is -0.406. The molecule has 1 N–H and O–H groups in total. The maximum atomic E-state index is 12.3. The largest absolute Gasteiger partial charge is 0.485 e. The Morgan fingerprint density at radius 1 is 1.27 bits per heavy atom. The summed E-state index contributed by atoms with van der Waals surface area (Å²) in [5.41, 5.74) is 1.07. The topological polar surface area (TPSA) is 75.0 Å². The highest BCUT2D eigenvalue weighted by Gasteiger charge is 2.26. The number of nitrogens with one attached hydrogen (secondary N) is 1. The van der Waals surface area contributed by atoms with Crippen LogP contribution in [0.2, 0.25) is 0 Å². The van der Waals surface area contributed by atoms with E-state index in [-0.39, 0.29) is 24.3 Å². The van der Waals surface area contributed by atoms with Crippen LogP contribution in [-0.2, 0) is 4.79 Å². The summed E-state index contributed by atoms with van der Waals surface area (Å²) >= 11 is 0. The highest BCUT2D eigenvalue weighted by molar-refractivity contribution is 5.94. The molecule has 26 heavy (non-hydrogen) atoms. The van der Waals surface area contributed by atoms with Gasteiger partial charge in [-0.2, -0.15) is 0 Å². The van der Waals surface area contributed by atoms with Crippen molar-refractivity contribution in [3.8, 4) is 5.75 Å². The molecule has 7 heteroatoms. The van der Waals surface area contributed by atoms with Crippen molar-refractivity contribution in [2.24, 2.45) is 0 Å². The van der Waals surface area contributed by atoms with Gasteiger partial charge < -0.3 is 24.3 Å². The quantitative estimate of drug-likeness (QED) is 0.853. The van der Waals surface area contributed by atoms with Gasteiger partial charge in [-0.3, -0.25) is 9.59 Å². The Morgan fingerprint density at radius 3 is 2.81 bits per heavy atom. The Labute approximate surface area is 152 Å². The molecule has 0 radical (unpaired) electrons. The second-order valence-electron chi connectivity index (χ2n) is 6.18. The average Bonchev–Trinajstić information content (AvgIpc) is 3.19. The van der Waals surface area contributed by atoms with E-state index < -0.39 is 5.91 Å². The third-order valence-corrected chi connectivity index (χ3v) is 4.35. The summed E-state index contributed by atoms with van der Waals surface area (Å²) in [5, 5.41) is 2.56. The Hall–Kier alpha value is -2.96. The van der Waals surface area contributed by atoms with E-state index in [2.05, 4.69) is 17.1 Å². The van der Waals surface area contributed by atoms with E-state index in [4.69, 9.17) is 9.15 Å². The molecule has 1 aliphatic heterocycles. The van der Waals surface area contributed by atoms with E-state index in [0.29, 0.717) is 13.1 Å². The van der Waals surface area contributed by atoms with Crippen LogP contribution in [0.5, 0.6) is 5.75 Å². The monoisotopic (exact) mass is 357 g/mol. The predicted octanol–water partition coefficient (Wildman–Crippen LogP) is 1.76. The van der Waals surface area contributed by atoms with E-state index in [0.717, 1.165) is 18.0 Å². The van der Waals surface area contributed by atoms with Gasteiger partial charge in [0.2, 0.25) is 5.91 Å². The van der Waals surface area contributed by atoms with Crippen LogP contribution >= 0.6 is 0 Å². The van der Waals surface area contributed by atoms with Gasteiger partial charge in [0.25, 0.3) is 5.91 Å².